The van der Waals surface area contributed by atoms with Crippen LogP contribution >= 0.6 is 0 Å². The fraction of sp³-hybridized carbons (Fsp3) is 0.314. The van der Waals surface area contributed by atoms with Crippen LogP contribution in [0.3, 0.4) is 0 Å². The van der Waals surface area contributed by atoms with Crippen molar-refractivity contribution in [2.45, 2.75) is 86.2 Å². The van der Waals surface area contributed by atoms with Gasteiger partial charge in [0.1, 0.15) is 58.3 Å². The second-order valence-corrected chi connectivity index (χ2v) is 19.3. The van der Waals surface area contributed by atoms with Gasteiger partial charge in [0.25, 0.3) is 0 Å². The van der Waals surface area contributed by atoms with Crippen molar-refractivity contribution in [3.8, 4) is 0 Å². The van der Waals surface area contributed by atoms with Crippen LogP contribution in [0, 0.1) is 66.0 Å². The number of carboxylic acids is 1. The van der Waals surface area contributed by atoms with Gasteiger partial charge in [-0.15, -0.1) is 5.10 Å². The molecule has 2 aliphatic heterocycles. The minimum absolute atomic E-state index is 0. The average Bonchev–Trinajstić information content (AvgIpc) is 1.52. The Labute approximate surface area is 527 Å². The van der Waals surface area contributed by atoms with Gasteiger partial charge in [0, 0.05) is 93.0 Å². The van der Waals surface area contributed by atoms with E-state index in [0.717, 1.165) is 84.2 Å². The quantitative estimate of drug-likeness (QED) is 0.0279. The smallest absolute Gasteiger partial charge is 0.470 e. The predicted octanol–water partition coefficient (Wildman–Crippen LogP) is 9.54. The Morgan fingerprint density at radius 2 is 1.03 bits per heavy atom. The van der Waals surface area contributed by atoms with Crippen LogP contribution in [0.2, 0.25) is 6.82 Å². The van der Waals surface area contributed by atoms with Gasteiger partial charge in [-0.2, -0.15) is 61.1 Å². The summed E-state index contributed by atoms with van der Waals surface area (Å²) in [5, 5.41) is 31.9. The summed E-state index contributed by atoms with van der Waals surface area (Å²) in [6.45, 7) is -7.84. The number of aliphatic hydroxyl groups is 2. The number of aromatic nitrogens is 7. The molecule has 17 nitrogen and oxygen atoms in total. The average molecular weight is 1560 g/mol. The number of ether oxygens (including phenoxy) is 4. The van der Waals surface area contributed by atoms with E-state index < -0.39 is 171 Å². The van der Waals surface area contributed by atoms with Gasteiger partial charge in [0.05, 0.1) is 47.4 Å². The van der Waals surface area contributed by atoms with Crippen LogP contribution in [0.1, 0.15) is 50.5 Å². The number of nitrogens with zero attached hydrogens (tertiary/aromatic N) is 7. The van der Waals surface area contributed by atoms with Crippen molar-refractivity contribution in [2.75, 3.05) is 13.2 Å². The minimum Gasteiger partial charge on any atom is -0.476 e. The third kappa shape index (κ3) is 18.1. The number of carboxylic acid groups (broad SMARTS) is 1. The van der Waals surface area contributed by atoms with E-state index in [0.29, 0.717) is 35.9 Å². The number of pyridine rings is 3. The Kier molecular flexibility index (Phi) is 27.3. The number of alkyl halides is 12. The van der Waals surface area contributed by atoms with Crippen molar-refractivity contribution in [2.24, 2.45) is 0 Å². The standard InChI is InChI=1S/C17H13F6N5O2.C16H11F6NO2.C15H11F4NO2.C2HF3O4S.CH3B.B.U/c18-11-2-3-12(13(19)5-11)16(29,8-28-9-25-26-27-28)17(22,23)14-4-1-10(6-24-14)7-30-15(20)21;17-10-2-3-11(12(18)5-10)15(8-25-15)16(21,22)13-4-1-9(6-23-13)7-24-14(19)20;16-10-2-3-11(12(17)5-10)14(8-22-14)15(18,19)13-4-1-9(7-21)6-20-13;3-2(4,1(6)7)10(5,8)9;1-2;;/h1-6,9,15,29H,7-8H2;1-6,14H,7-8H2;1-6,21H,7-8H2;(H,6,7);1H3;;. The van der Waals surface area contributed by atoms with Gasteiger partial charge in [-0.05, 0) is 81.7 Å². The van der Waals surface area contributed by atoms with Crippen LogP contribution in [0.4, 0.5) is 82.9 Å². The summed E-state index contributed by atoms with van der Waals surface area (Å²) in [6.07, 6.45) is 3.84. The normalized spacial score (nSPS) is 16.7. The molecule has 0 spiro atoms. The molecule has 3 atom stereocenters. The number of carbonyl (C=O) groups is 1. The molecule has 487 valence electrons. The molecule has 3 unspecified atom stereocenters. The first kappa shape index (κ1) is 78.5. The molecule has 6 heterocycles. The molecule has 0 saturated carbocycles. The molecule has 40 heteroatoms. The van der Waals surface area contributed by atoms with Crippen molar-refractivity contribution in [1.82, 2.24) is 35.2 Å². The zero-order valence-corrected chi connectivity index (χ0v) is 50.4. The molecule has 3 N–H and O–H groups in total. The number of halogens is 19. The molecule has 0 amide bonds. The van der Waals surface area contributed by atoms with E-state index in [1.165, 1.54) is 12.9 Å². The molecular weight excluding hydrogens is 1520 g/mol. The number of aliphatic carboxylic acids is 1. The van der Waals surface area contributed by atoms with Gasteiger partial charge in [-0.1, -0.05) is 28.9 Å². The number of tetrazole rings is 1. The molecule has 5 radical (unpaired) electrons. The largest absolute Gasteiger partial charge is 0.476 e. The molecule has 2 fully saturated rings. The summed E-state index contributed by atoms with van der Waals surface area (Å²) in [4.78, 5) is 20.0. The van der Waals surface area contributed by atoms with Crippen LogP contribution in [-0.2, 0) is 94.9 Å². The molecule has 7 aromatic rings. The van der Waals surface area contributed by atoms with Crippen LogP contribution in [0.5, 0.6) is 0 Å². The zero-order valence-electron chi connectivity index (χ0n) is 45.4. The van der Waals surface area contributed by atoms with Crippen molar-refractivity contribution in [1.29, 1.82) is 0 Å². The van der Waals surface area contributed by atoms with Crippen molar-refractivity contribution in [3.63, 3.8) is 0 Å². The Morgan fingerprint density at radius 1 is 0.648 bits per heavy atom. The summed E-state index contributed by atoms with van der Waals surface area (Å²) in [6, 6.07) is 12.6. The van der Waals surface area contributed by atoms with E-state index in [1.807, 2.05) is 0 Å². The zero-order chi connectivity index (χ0) is 66.7. The maximum Gasteiger partial charge on any atom is 0.470 e. The van der Waals surface area contributed by atoms with Gasteiger partial charge >= 0.3 is 52.4 Å². The maximum absolute atomic E-state index is 15.4. The fourth-order valence-corrected chi connectivity index (χ4v) is 7.81. The first-order valence-corrected chi connectivity index (χ1v) is 25.5. The number of hydrogen-bond donors (Lipinski definition) is 3. The Morgan fingerprint density at radius 3 is 1.33 bits per heavy atom. The topological polar surface area (TPSA) is 238 Å². The number of aliphatic hydroxyl groups excluding tert-OH is 1. The first-order valence-electron chi connectivity index (χ1n) is 24.1. The van der Waals surface area contributed by atoms with Gasteiger partial charge in [0.15, 0.2) is 16.8 Å². The van der Waals surface area contributed by atoms with Crippen LogP contribution in [0.15, 0.2) is 116 Å². The van der Waals surface area contributed by atoms with E-state index in [1.54, 1.807) is 0 Å². The summed E-state index contributed by atoms with van der Waals surface area (Å²) < 4.78 is 291. The molecule has 0 aliphatic carbocycles. The molecule has 0 bridgehead atoms. The predicted molar refractivity (Wildman–Crippen MR) is 268 cm³/mol. The summed E-state index contributed by atoms with van der Waals surface area (Å²) in [5.74, 6) is -21.0. The Hall–Kier alpha value is -6.79. The van der Waals surface area contributed by atoms with E-state index in [4.69, 9.17) is 19.7 Å². The van der Waals surface area contributed by atoms with E-state index >= 15 is 8.78 Å². The van der Waals surface area contributed by atoms with Gasteiger partial charge < -0.3 is 34.3 Å². The summed E-state index contributed by atoms with van der Waals surface area (Å²) >= 11 is 0. The monoisotopic (exact) mass is 1560 g/mol. The Balaban J connectivity index is 0.000000326. The second-order valence-electron chi connectivity index (χ2n) is 17.9. The number of rotatable bonds is 20. The third-order valence-electron chi connectivity index (χ3n) is 12.2. The molecule has 9 rings (SSSR count). The number of epoxide rings is 2. The van der Waals surface area contributed by atoms with Crippen LogP contribution < -0.4 is 0 Å². The molecule has 2 saturated heterocycles. The molecular formula is C51H39B2F19N7O10SU. The summed E-state index contributed by atoms with van der Waals surface area (Å²) in [7, 11) is -1.83. The van der Waals surface area contributed by atoms with Crippen molar-refractivity contribution >= 4 is 32.5 Å². The van der Waals surface area contributed by atoms with Crippen LogP contribution in [0.25, 0.3) is 0 Å². The second kappa shape index (κ2) is 31.7. The van der Waals surface area contributed by atoms with Gasteiger partial charge in [-0.25, -0.2) is 35.8 Å². The maximum atomic E-state index is 15.4. The van der Waals surface area contributed by atoms with Crippen molar-refractivity contribution in [3.05, 3.63) is 201 Å². The molecule has 91 heavy (non-hydrogen) atoms. The SMILES string of the molecule is Fc1ccc(C2(C(F)(F)c3ccc(COC(F)F)cn3)CO2)c(F)c1.O=C(O)C(F)(F)S(=O)(=O)F.OC(Cn1cnnn1)(c1ccc(F)cc1F)C(F)(F)c1ccc(COC(F)F)cn1.OCc1ccc(C(F)(F)C2(c3ccc(F)cc3F)CO2)nc1.[B].[B]C.[U]. The number of hydrogen-bond acceptors (Lipinski definition) is 15. The minimum atomic E-state index is -6.33. The van der Waals surface area contributed by atoms with E-state index in [2.05, 4.69) is 47.8 Å². The fourth-order valence-electron chi connectivity index (χ4n) is 7.60. The number of benzene rings is 3. The van der Waals surface area contributed by atoms with Crippen molar-refractivity contribution < 1.29 is 162 Å². The van der Waals surface area contributed by atoms with E-state index in [-0.39, 0.29) is 57.3 Å². The molecule has 3 aromatic carbocycles. The summed E-state index contributed by atoms with van der Waals surface area (Å²) in [5.41, 5.74) is -11.3. The van der Waals surface area contributed by atoms with Gasteiger partial charge in [0.2, 0.25) is 0 Å². The van der Waals surface area contributed by atoms with E-state index in [9.17, 15) is 92.5 Å². The van der Waals surface area contributed by atoms with Crippen LogP contribution in [-0.4, -0.2) is 113 Å². The van der Waals surface area contributed by atoms with Gasteiger partial charge in [-0.3, -0.25) is 15.0 Å². The molecule has 4 aromatic heterocycles. The third-order valence-corrected chi connectivity index (χ3v) is 13.0. The first-order chi connectivity index (χ1) is 41.5. The molecule has 2 aliphatic rings. The Bertz CT molecular complexity index is 3620.